The number of halogens is 3. The summed E-state index contributed by atoms with van der Waals surface area (Å²) in [6.07, 6.45) is 0. The van der Waals surface area contributed by atoms with E-state index in [9.17, 15) is 0 Å². The Morgan fingerprint density at radius 1 is 1.24 bits per heavy atom. The van der Waals surface area contributed by atoms with Crippen LogP contribution in [-0.2, 0) is 0 Å². The zero-order chi connectivity index (χ0) is 15.1. The molecule has 3 rings (SSSR count). The number of hydrogen-bond acceptors (Lipinski definition) is 1. The van der Waals surface area contributed by atoms with E-state index < -0.39 is 0 Å². The van der Waals surface area contributed by atoms with E-state index in [1.807, 2.05) is 6.92 Å². The molecule has 0 aliphatic heterocycles. The van der Waals surface area contributed by atoms with Crippen LogP contribution in [0.25, 0.3) is 16.7 Å². The Hall–Kier alpha value is -0.590. The standard InChI is InChI=1S/C16H13BrClIN2/c1-9-7-12(4-5-13(9)17)21-15-6-3-11(19)8-14(15)20-16(21)10(2)18/h3-8,10H,1-2H3. The summed E-state index contributed by atoms with van der Waals surface area (Å²) in [6, 6.07) is 12.6. The van der Waals surface area contributed by atoms with Crippen LogP contribution in [0.15, 0.2) is 40.9 Å². The van der Waals surface area contributed by atoms with Crippen LogP contribution >= 0.6 is 50.1 Å². The van der Waals surface area contributed by atoms with Gasteiger partial charge in [0.15, 0.2) is 0 Å². The van der Waals surface area contributed by atoms with Gasteiger partial charge in [-0.05, 0) is 78.4 Å². The van der Waals surface area contributed by atoms with Crippen LogP contribution in [0, 0.1) is 10.5 Å². The lowest BCUT2D eigenvalue weighted by Gasteiger charge is -2.12. The lowest BCUT2D eigenvalue weighted by molar-refractivity contribution is 0.881. The van der Waals surface area contributed by atoms with Crippen LogP contribution in [0.1, 0.15) is 23.7 Å². The molecular weight excluding hydrogens is 462 g/mol. The molecule has 0 aliphatic rings. The van der Waals surface area contributed by atoms with Crippen LogP contribution in [0.5, 0.6) is 0 Å². The highest BCUT2D eigenvalue weighted by Gasteiger charge is 2.16. The van der Waals surface area contributed by atoms with Crippen molar-refractivity contribution in [2.24, 2.45) is 0 Å². The summed E-state index contributed by atoms with van der Waals surface area (Å²) in [5.41, 5.74) is 4.33. The van der Waals surface area contributed by atoms with Gasteiger partial charge in [-0.25, -0.2) is 4.98 Å². The van der Waals surface area contributed by atoms with Gasteiger partial charge in [-0.2, -0.15) is 0 Å². The smallest absolute Gasteiger partial charge is 0.132 e. The van der Waals surface area contributed by atoms with E-state index in [-0.39, 0.29) is 5.38 Å². The van der Waals surface area contributed by atoms with Crippen molar-refractivity contribution in [3.05, 3.63) is 55.8 Å². The monoisotopic (exact) mass is 474 g/mol. The zero-order valence-electron chi connectivity index (χ0n) is 11.6. The Balaban J connectivity index is 2.33. The van der Waals surface area contributed by atoms with E-state index >= 15 is 0 Å². The van der Waals surface area contributed by atoms with E-state index in [1.54, 1.807) is 0 Å². The summed E-state index contributed by atoms with van der Waals surface area (Å²) in [6.45, 7) is 4.04. The van der Waals surface area contributed by atoms with Gasteiger partial charge in [-0.15, -0.1) is 11.6 Å². The van der Waals surface area contributed by atoms with Crippen LogP contribution < -0.4 is 0 Å². The average Bonchev–Trinajstić information content (AvgIpc) is 2.80. The van der Waals surface area contributed by atoms with E-state index in [0.717, 1.165) is 27.0 Å². The minimum absolute atomic E-state index is 0.154. The molecule has 2 aromatic carbocycles. The number of aryl methyl sites for hydroxylation is 1. The Labute approximate surface area is 150 Å². The number of benzene rings is 2. The van der Waals surface area contributed by atoms with Crippen molar-refractivity contribution < 1.29 is 0 Å². The second-order valence-electron chi connectivity index (χ2n) is 4.99. The van der Waals surface area contributed by atoms with Crippen molar-refractivity contribution in [3.8, 4) is 5.69 Å². The van der Waals surface area contributed by atoms with E-state index in [4.69, 9.17) is 16.6 Å². The third kappa shape index (κ3) is 2.85. The van der Waals surface area contributed by atoms with Gasteiger partial charge in [-0.3, -0.25) is 4.57 Å². The number of aromatic nitrogens is 2. The van der Waals surface area contributed by atoms with Crippen molar-refractivity contribution >= 4 is 61.2 Å². The molecule has 3 aromatic rings. The third-order valence-electron chi connectivity index (χ3n) is 3.40. The molecule has 108 valence electrons. The number of rotatable bonds is 2. The molecular formula is C16H13BrClIN2. The van der Waals surface area contributed by atoms with Gasteiger partial charge < -0.3 is 0 Å². The first kappa shape index (κ1) is 15.3. The first-order valence-corrected chi connectivity index (χ1v) is 8.86. The summed E-state index contributed by atoms with van der Waals surface area (Å²) in [4.78, 5) is 4.72. The molecule has 0 bridgehead atoms. The molecule has 0 radical (unpaired) electrons. The second kappa shape index (κ2) is 5.89. The Bertz CT molecular complexity index is 827. The maximum absolute atomic E-state index is 6.35. The molecule has 1 aromatic heterocycles. The van der Waals surface area contributed by atoms with Gasteiger partial charge in [0.25, 0.3) is 0 Å². The summed E-state index contributed by atoms with van der Waals surface area (Å²) in [5, 5.41) is -0.154. The summed E-state index contributed by atoms with van der Waals surface area (Å²) < 4.78 is 4.42. The van der Waals surface area contributed by atoms with Crippen molar-refractivity contribution in [1.82, 2.24) is 9.55 Å². The van der Waals surface area contributed by atoms with Gasteiger partial charge in [0.2, 0.25) is 0 Å². The lowest BCUT2D eigenvalue weighted by Crippen LogP contribution is -2.02. The molecule has 1 atom stereocenters. The largest absolute Gasteiger partial charge is 0.295 e. The van der Waals surface area contributed by atoms with Crippen molar-refractivity contribution in [3.63, 3.8) is 0 Å². The van der Waals surface area contributed by atoms with Gasteiger partial charge in [0, 0.05) is 13.7 Å². The number of nitrogens with zero attached hydrogens (tertiary/aromatic N) is 2. The predicted molar refractivity (Wildman–Crippen MR) is 100 cm³/mol. The minimum Gasteiger partial charge on any atom is -0.295 e. The molecule has 0 fully saturated rings. The molecule has 0 N–H and O–H groups in total. The van der Waals surface area contributed by atoms with Crippen molar-refractivity contribution in [1.29, 1.82) is 0 Å². The predicted octanol–water partition coefficient (Wildman–Crippen LogP) is 6.00. The van der Waals surface area contributed by atoms with Crippen LogP contribution in [0.2, 0.25) is 0 Å². The highest BCUT2D eigenvalue weighted by molar-refractivity contribution is 14.1. The molecule has 1 heterocycles. The fourth-order valence-corrected chi connectivity index (χ4v) is 3.25. The van der Waals surface area contributed by atoms with Gasteiger partial charge in [0.1, 0.15) is 5.82 Å². The van der Waals surface area contributed by atoms with Crippen LogP contribution in [0.3, 0.4) is 0 Å². The number of fused-ring (bicyclic) bond motifs is 1. The number of hydrogen-bond donors (Lipinski definition) is 0. The Morgan fingerprint density at radius 3 is 2.67 bits per heavy atom. The Kier molecular flexibility index (Phi) is 4.30. The third-order valence-corrected chi connectivity index (χ3v) is 5.15. The molecule has 0 saturated heterocycles. The molecule has 1 unspecified atom stereocenters. The van der Waals surface area contributed by atoms with Gasteiger partial charge >= 0.3 is 0 Å². The highest BCUT2D eigenvalue weighted by Crippen LogP contribution is 2.30. The molecule has 2 nitrogen and oxygen atoms in total. The first-order valence-electron chi connectivity index (χ1n) is 6.56. The topological polar surface area (TPSA) is 17.8 Å². The minimum atomic E-state index is -0.154. The number of imidazole rings is 1. The zero-order valence-corrected chi connectivity index (χ0v) is 16.1. The highest BCUT2D eigenvalue weighted by atomic mass is 127. The fourth-order valence-electron chi connectivity index (χ4n) is 2.38. The Morgan fingerprint density at radius 2 is 2.00 bits per heavy atom. The average molecular weight is 476 g/mol. The van der Waals surface area contributed by atoms with Crippen LogP contribution in [-0.4, -0.2) is 9.55 Å². The van der Waals surface area contributed by atoms with E-state index in [0.29, 0.717) is 0 Å². The van der Waals surface area contributed by atoms with Crippen LogP contribution in [0.4, 0.5) is 0 Å². The van der Waals surface area contributed by atoms with E-state index in [2.05, 4.69) is 86.4 Å². The molecule has 0 spiro atoms. The normalized spacial score (nSPS) is 12.8. The number of alkyl halides is 1. The molecule has 0 amide bonds. The maximum Gasteiger partial charge on any atom is 0.132 e. The van der Waals surface area contributed by atoms with E-state index in [1.165, 1.54) is 9.13 Å². The molecule has 21 heavy (non-hydrogen) atoms. The second-order valence-corrected chi connectivity index (χ2v) is 7.74. The van der Waals surface area contributed by atoms with Crippen molar-refractivity contribution in [2.75, 3.05) is 0 Å². The molecule has 5 heteroatoms. The van der Waals surface area contributed by atoms with Gasteiger partial charge in [-0.1, -0.05) is 15.9 Å². The molecule has 0 saturated carbocycles. The summed E-state index contributed by atoms with van der Waals surface area (Å²) >= 11 is 12.2. The molecule has 0 aliphatic carbocycles. The quantitative estimate of drug-likeness (QED) is 0.328. The first-order chi connectivity index (χ1) is 9.97. The SMILES string of the molecule is Cc1cc(-n2c(C(C)Cl)nc3cc(I)ccc32)ccc1Br. The maximum atomic E-state index is 6.35. The van der Waals surface area contributed by atoms with Gasteiger partial charge in [0.05, 0.1) is 16.4 Å². The lowest BCUT2D eigenvalue weighted by atomic mass is 10.2. The fraction of sp³-hybridized carbons (Fsp3) is 0.188. The summed E-state index contributed by atoms with van der Waals surface area (Å²) in [7, 11) is 0. The summed E-state index contributed by atoms with van der Waals surface area (Å²) in [5.74, 6) is 0.871. The van der Waals surface area contributed by atoms with Crippen molar-refractivity contribution in [2.45, 2.75) is 19.2 Å².